The van der Waals surface area contributed by atoms with Crippen LogP contribution in [0.15, 0.2) is 12.4 Å². The molecule has 1 aliphatic heterocycles. The molecule has 1 aromatic heterocycles. The molecule has 23 heavy (non-hydrogen) atoms. The molecule has 1 saturated heterocycles. The van der Waals surface area contributed by atoms with Gasteiger partial charge in [-0.05, 0) is 47.0 Å². The number of carbonyl (C=O) groups excluding carboxylic acids is 1. The summed E-state index contributed by atoms with van der Waals surface area (Å²) in [5, 5.41) is 7.91. The van der Waals surface area contributed by atoms with Crippen LogP contribution in [0.3, 0.4) is 0 Å². The zero-order valence-corrected chi connectivity index (χ0v) is 15.0. The van der Waals surface area contributed by atoms with Crippen LogP contribution in [0.1, 0.15) is 59.9 Å². The molecular formula is C17H30N4O2. The Labute approximate surface area is 139 Å². The summed E-state index contributed by atoms with van der Waals surface area (Å²) in [5.74, 6) is 0. The highest BCUT2D eigenvalue weighted by molar-refractivity contribution is 5.68. The van der Waals surface area contributed by atoms with Crippen molar-refractivity contribution in [2.24, 2.45) is 0 Å². The number of rotatable bonds is 4. The van der Waals surface area contributed by atoms with Crippen LogP contribution >= 0.6 is 0 Å². The summed E-state index contributed by atoms with van der Waals surface area (Å²) in [6, 6.07) is 0.794. The third-order valence-electron chi connectivity index (χ3n) is 4.12. The van der Waals surface area contributed by atoms with E-state index in [1.807, 2.05) is 31.6 Å². The molecule has 6 heteroatoms. The second-order valence-electron chi connectivity index (χ2n) is 7.36. The van der Waals surface area contributed by atoms with Gasteiger partial charge in [-0.25, -0.2) is 4.79 Å². The van der Waals surface area contributed by atoms with Crippen LogP contribution in [-0.4, -0.2) is 45.5 Å². The van der Waals surface area contributed by atoms with Crippen LogP contribution < -0.4 is 5.32 Å². The van der Waals surface area contributed by atoms with Crippen LogP contribution in [0.25, 0.3) is 0 Å². The molecule has 130 valence electrons. The van der Waals surface area contributed by atoms with E-state index < -0.39 is 5.60 Å². The predicted octanol–water partition coefficient (Wildman–Crippen LogP) is 3.67. The summed E-state index contributed by atoms with van der Waals surface area (Å²) in [5.41, 5.74) is 0.626. The molecule has 1 fully saturated rings. The van der Waals surface area contributed by atoms with Gasteiger partial charge in [-0.1, -0.05) is 6.92 Å². The van der Waals surface area contributed by atoms with Gasteiger partial charge in [0, 0.05) is 25.3 Å². The van der Waals surface area contributed by atoms with E-state index >= 15 is 0 Å². The summed E-state index contributed by atoms with van der Waals surface area (Å²) in [4.78, 5) is 13.9. The largest absolute Gasteiger partial charge is 0.444 e. The molecular weight excluding hydrogens is 292 g/mol. The number of likely N-dealkylation sites (tertiary alicyclic amines) is 1. The topological polar surface area (TPSA) is 59.4 Å². The van der Waals surface area contributed by atoms with E-state index in [0.717, 1.165) is 24.9 Å². The maximum atomic E-state index is 12.1. The molecule has 6 nitrogen and oxygen atoms in total. The summed E-state index contributed by atoms with van der Waals surface area (Å²) in [6.07, 6.45) is 6.63. The summed E-state index contributed by atoms with van der Waals surface area (Å²) in [7, 11) is 0. The van der Waals surface area contributed by atoms with Crippen molar-refractivity contribution in [2.75, 3.05) is 18.4 Å². The predicted molar refractivity (Wildman–Crippen MR) is 91.7 cm³/mol. The fraction of sp³-hybridized carbons (Fsp3) is 0.765. The molecule has 2 rings (SSSR count). The van der Waals surface area contributed by atoms with E-state index in [9.17, 15) is 4.79 Å². The zero-order valence-electron chi connectivity index (χ0n) is 15.0. The molecule has 2 heterocycles. The van der Waals surface area contributed by atoms with Crippen molar-refractivity contribution < 1.29 is 9.53 Å². The lowest BCUT2D eigenvalue weighted by Crippen LogP contribution is -2.42. The molecule has 0 bridgehead atoms. The number of hydrogen-bond acceptors (Lipinski definition) is 4. The minimum Gasteiger partial charge on any atom is -0.444 e. The highest BCUT2D eigenvalue weighted by Gasteiger charge is 2.27. The normalized spacial score (nSPS) is 17.9. The number of nitrogens with one attached hydrogen (secondary N) is 1. The maximum absolute atomic E-state index is 12.1. The average molecular weight is 322 g/mol. The molecule has 0 radical (unpaired) electrons. The van der Waals surface area contributed by atoms with Gasteiger partial charge < -0.3 is 15.0 Å². The molecule has 1 N–H and O–H groups in total. The van der Waals surface area contributed by atoms with Crippen molar-refractivity contribution in [3.63, 3.8) is 0 Å². The monoisotopic (exact) mass is 322 g/mol. The fourth-order valence-electron chi connectivity index (χ4n) is 2.64. The van der Waals surface area contributed by atoms with Gasteiger partial charge in [0.15, 0.2) is 0 Å². The summed E-state index contributed by atoms with van der Waals surface area (Å²) in [6.45, 7) is 11.4. The minimum atomic E-state index is -0.438. The van der Waals surface area contributed by atoms with Gasteiger partial charge in [0.05, 0.1) is 17.9 Å². The second-order valence-corrected chi connectivity index (χ2v) is 7.36. The van der Waals surface area contributed by atoms with Gasteiger partial charge in [0.25, 0.3) is 0 Å². The van der Waals surface area contributed by atoms with E-state index in [2.05, 4.69) is 30.5 Å². The zero-order chi connectivity index (χ0) is 17.0. The first kappa shape index (κ1) is 17.6. The number of aromatic nitrogens is 2. The Kier molecular flexibility index (Phi) is 5.55. The lowest BCUT2D eigenvalue weighted by atomic mass is 10.1. The molecule has 1 aromatic rings. The van der Waals surface area contributed by atoms with Gasteiger partial charge in [0.2, 0.25) is 0 Å². The smallest absolute Gasteiger partial charge is 0.410 e. The second kappa shape index (κ2) is 7.23. The molecule has 0 saturated carbocycles. The Morgan fingerprint density at radius 2 is 2.09 bits per heavy atom. The molecule has 1 unspecified atom stereocenters. The van der Waals surface area contributed by atoms with Crippen LogP contribution in [0.2, 0.25) is 0 Å². The van der Waals surface area contributed by atoms with E-state index in [1.54, 1.807) is 4.90 Å². The van der Waals surface area contributed by atoms with Crippen molar-refractivity contribution in [3.8, 4) is 0 Å². The molecule has 1 amide bonds. The SMILES string of the molecule is CCC(C)Nc1cnn(C2CCN(C(=O)OC(C)(C)C)CC2)c1. The van der Waals surface area contributed by atoms with Crippen molar-refractivity contribution in [1.29, 1.82) is 0 Å². The Morgan fingerprint density at radius 3 is 2.65 bits per heavy atom. The number of anilines is 1. The molecule has 0 aliphatic carbocycles. The van der Waals surface area contributed by atoms with Gasteiger partial charge in [0.1, 0.15) is 5.60 Å². The van der Waals surface area contributed by atoms with E-state index in [-0.39, 0.29) is 6.09 Å². The lowest BCUT2D eigenvalue weighted by molar-refractivity contribution is 0.0185. The van der Waals surface area contributed by atoms with Gasteiger partial charge in [-0.3, -0.25) is 4.68 Å². The first-order valence-electron chi connectivity index (χ1n) is 8.57. The number of hydrogen-bond donors (Lipinski definition) is 1. The van der Waals surface area contributed by atoms with Crippen molar-refractivity contribution in [3.05, 3.63) is 12.4 Å². The number of carbonyl (C=O) groups is 1. The summed E-state index contributed by atoms with van der Waals surface area (Å²) < 4.78 is 7.46. The van der Waals surface area contributed by atoms with Crippen molar-refractivity contribution in [1.82, 2.24) is 14.7 Å². The van der Waals surface area contributed by atoms with Gasteiger partial charge >= 0.3 is 6.09 Å². The first-order valence-corrected chi connectivity index (χ1v) is 8.57. The van der Waals surface area contributed by atoms with Crippen LogP contribution in [0.5, 0.6) is 0 Å². The summed E-state index contributed by atoms with van der Waals surface area (Å²) >= 11 is 0. The third-order valence-corrected chi connectivity index (χ3v) is 4.12. The highest BCUT2D eigenvalue weighted by atomic mass is 16.6. The number of nitrogens with zero attached hydrogens (tertiary/aromatic N) is 3. The minimum absolute atomic E-state index is 0.212. The number of amides is 1. The first-order chi connectivity index (χ1) is 10.8. The fourth-order valence-corrected chi connectivity index (χ4v) is 2.64. The highest BCUT2D eigenvalue weighted by Crippen LogP contribution is 2.24. The Morgan fingerprint density at radius 1 is 1.43 bits per heavy atom. The standard InChI is InChI=1S/C17H30N4O2/c1-6-13(2)19-14-11-18-21(12-14)15-7-9-20(10-8-15)16(22)23-17(3,4)5/h11-13,15,19H,6-10H2,1-5H3. The van der Waals surface area contributed by atoms with Crippen LogP contribution in [0, 0.1) is 0 Å². The molecule has 0 aromatic carbocycles. The van der Waals surface area contributed by atoms with E-state index in [1.165, 1.54) is 0 Å². The third kappa shape index (κ3) is 5.15. The Balaban J connectivity index is 1.86. The quantitative estimate of drug-likeness (QED) is 0.919. The van der Waals surface area contributed by atoms with Crippen LogP contribution in [0.4, 0.5) is 10.5 Å². The maximum Gasteiger partial charge on any atom is 0.410 e. The van der Waals surface area contributed by atoms with Gasteiger partial charge in [-0.15, -0.1) is 0 Å². The molecule has 1 aliphatic rings. The Hall–Kier alpha value is -1.72. The van der Waals surface area contributed by atoms with E-state index in [0.29, 0.717) is 25.2 Å². The molecule has 1 atom stereocenters. The van der Waals surface area contributed by atoms with Crippen LogP contribution in [-0.2, 0) is 4.74 Å². The average Bonchev–Trinajstić information content (AvgIpc) is 2.94. The lowest BCUT2D eigenvalue weighted by Gasteiger charge is -2.33. The number of ether oxygens (including phenoxy) is 1. The number of piperidine rings is 1. The van der Waals surface area contributed by atoms with Gasteiger partial charge in [-0.2, -0.15) is 5.10 Å². The van der Waals surface area contributed by atoms with Crippen molar-refractivity contribution >= 4 is 11.8 Å². The van der Waals surface area contributed by atoms with E-state index in [4.69, 9.17) is 4.74 Å². The molecule has 0 spiro atoms. The Bertz CT molecular complexity index is 513. The van der Waals surface area contributed by atoms with Crippen molar-refractivity contribution in [2.45, 2.75) is 71.6 Å².